The zero-order valence-corrected chi connectivity index (χ0v) is 10.5. The molecular formula is C11H13ClF2N2O2. The first-order valence-corrected chi connectivity index (χ1v) is 5.69. The van der Waals surface area contributed by atoms with Crippen LogP contribution in [0, 0.1) is 0 Å². The summed E-state index contributed by atoms with van der Waals surface area (Å²) in [6.45, 7) is 1.87. The van der Waals surface area contributed by atoms with Gasteiger partial charge in [0.05, 0.1) is 23.7 Å². The van der Waals surface area contributed by atoms with Crippen molar-refractivity contribution < 1.29 is 18.3 Å². The summed E-state index contributed by atoms with van der Waals surface area (Å²) in [6, 6.07) is 1.44. The Bertz CT molecular complexity index is 441. The van der Waals surface area contributed by atoms with Crippen LogP contribution in [0.3, 0.4) is 0 Å². The first-order chi connectivity index (χ1) is 8.49. The fourth-order valence-electron chi connectivity index (χ4n) is 1.41. The third kappa shape index (κ3) is 3.61. The van der Waals surface area contributed by atoms with E-state index in [1.165, 1.54) is 6.07 Å². The van der Waals surface area contributed by atoms with Crippen molar-refractivity contribution in [3.8, 4) is 0 Å². The zero-order chi connectivity index (χ0) is 13.7. The summed E-state index contributed by atoms with van der Waals surface area (Å²) in [7, 11) is 0. The number of alkyl halides is 2. The van der Waals surface area contributed by atoms with Gasteiger partial charge in [0.25, 0.3) is 6.43 Å². The van der Waals surface area contributed by atoms with Crippen LogP contribution >= 0.6 is 11.6 Å². The van der Waals surface area contributed by atoms with E-state index in [2.05, 4.69) is 4.98 Å². The molecule has 0 radical (unpaired) electrons. The van der Waals surface area contributed by atoms with Gasteiger partial charge in [-0.15, -0.1) is 0 Å². The molecule has 0 saturated carbocycles. The van der Waals surface area contributed by atoms with E-state index < -0.39 is 18.1 Å². The summed E-state index contributed by atoms with van der Waals surface area (Å²) in [5, 5.41) is -0.153. The van der Waals surface area contributed by atoms with E-state index in [0.29, 0.717) is 5.56 Å². The van der Waals surface area contributed by atoms with Crippen LogP contribution < -0.4 is 5.73 Å². The smallest absolute Gasteiger partial charge is 0.311 e. The van der Waals surface area contributed by atoms with Gasteiger partial charge in [-0.3, -0.25) is 4.79 Å². The highest BCUT2D eigenvalue weighted by molar-refractivity contribution is 6.32. The molecule has 1 aromatic heterocycles. The molecule has 0 atom stereocenters. The number of rotatable bonds is 5. The van der Waals surface area contributed by atoms with Gasteiger partial charge in [-0.1, -0.05) is 11.6 Å². The molecule has 0 spiro atoms. The second-order valence-electron chi connectivity index (χ2n) is 3.46. The molecule has 7 heteroatoms. The first-order valence-electron chi connectivity index (χ1n) is 5.31. The van der Waals surface area contributed by atoms with E-state index in [9.17, 15) is 13.6 Å². The normalized spacial score (nSPS) is 10.8. The van der Waals surface area contributed by atoms with E-state index in [1.54, 1.807) is 6.92 Å². The Morgan fingerprint density at radius 1 is 1.61 bits per heavy atom. The van der Waals surface area contributed by atoms with Gasteiger partial charge < -0.3 is 10.5 Å². The number of pyridine rings is 1. The Morgan fingerprint density at radius 3 is 2.78 bits per heavy atom. The van der Waals surface area contributed by atoms with Gasteiger partial charge >= 0.3 is 5.97 Å². The number of carbonyl (C=O) groups excluding carboxylic acids is 1. The highest BCUT2D eigenvalue weighted by Crippen LogP contribution is 2.28. The third-order valence-electron chi connectivity index (χ3n) is 2.17. The molecule has 0 aromatic carbocycles. The largest absolute Gasteiger partial charge is 0.466 e. The summed E-state index contributed by atoms with van der Waals surface area (Å²) in [5.41, 5.74) is 5.36. The Kier molecular flexibility index (Phi) is 5.43. The standard InChI is InChI=1S/C11H13ClF2N2O2/c1-2-18-8(17)4-7-3-6(5-15)9(12)10(16-7)11(13)14/h3,11H,2,4-5,15H2,1H3. The number of ether oxygens (including phenoxy) is 1. The minimum atomic E-state index is -2.81. The molecule has 0 bridgehead atoms. The van der Waals surface area contributed by atoms with Gasteiger partial charge in [0.1, 0.15) is 5.69 Å². The predicted molar refractivity (Wildman–Crippen MR) is 62.4 cm³/mol. The van der Waals surface area contributed by atoms with Crippen LogP contribution in [0.1, 0.15) is 30.3 Å². The van der Waals surface area contributed by atoms with Crippen molar-refractivity contribution in [3.63, 3.8) is 0 Å². The maximum atomic E-state index is 12.7. The molecule has 0 fully saturated rings. The molecule has 0 saturated heterocycles. The summed E-state index contributed by atoms with van der Waals surface area (Å²) >= 11 is 5.73. The number of nitrogens with zero attached hydrogens (tertiary/aromatic N) is 1. The highest BCUT2D eigenvalue weighted by Gasteiger charge is 2.19. The molecule has 0 aliphatic heterocycles. The van der Waals surface area contributed by atoms with Gasteiger partial charge in [0.2, 0.25) is 0 Å². The summed E-state index contributed by atoms with van der Waals surface area (Å²) < 4.78 is 30.1. The van der Waals surface area contributed by atoms with Crippen LogP contribution in [-0.4, -0.2) is 17.6 Å². The minimum absolute atomic E-state index is 0.00308. The molecule has 2 N–H and O–H groups in total. The number of aromatic nitrogens is 1. The number of halogens is 3. The van der Waals surface area contributed by atoms with Crippen LogP contribution in [0.2, 0.25) is 5.02 Å². The average molecular weight is 279 g/mol. The molecule has 1 aromatic rings. The molecule has 1 rings (SSSR count). The molecule has 0 aliphatic carbocycles. The molecule has 18 heavy (non-hydrogen) atoms. The fourth-order valence-corrected chi connectivity index (χ4v) is 1.67. The molecule has 4 nitrogen and oxygen atoms in total. The number of nitrogens with two attached hydrogens (primary N) is 1. The Balaban J connectivity index is 3.06. The van der Waals surface area contributed by atoms with E-state index >= 15 is 0 Å². The topological polar surface area (TPSA) is 65.2 Å². The van der Waals surface area contributed by atoms with Crippen LogP contribution in [0.25, 0.3) is 0 Å². The van der Waals surface area contributed by atoms with Crippen molar-refractivity contribution in [2.75, 3.05) is 6.61 Å². The van der Waals surface area contributed by atoms with E-state index in [1.807, 2.05) is 0 Å². The second kappa shape index (κ2) is 6.61. The van der Waals surface area contributed by atoms with Crippen molar-refractivity contribution in [2.24, 2.45) is 5.73 Å². The number of hydrogen-bond acceptors (Lipinski definition) is 4. The zero-order valence-electron chi connectivity index (χ0n) is 9.75. The first kappa shape index (κ1) is 14.8. The predicted octanol–water partition coefficient (Wildman–Crippen LogP) is 2.24. The lowest BCUT2D eigenvalue weighted by molar-refractivity contribution is -0.142. The molecule has 100 valence electrons. The van der Waals surface area contributed by atoms with Gasteiger partial charge in [-0.05, 0) is 18.6 Å². The number of esters is 1. The summed E-state index contributed by atoms with van der Waals surface area (Å²) in [5.74, 6) is -0.532. The van der Waals surface area contributed by atoms with Gasteiger partial charge in [0.15, 0.2) is 0 Å². The van der Waals surface area contributed by atoms with Crippen molar-refractivity contribution >= 4 is 17.6 Å². The number of hydrogen-bond donors (Lipinski definition) is 1. The van der Waals surface area contributed by atoms with Gasteiger partial charge in [-0.2, -0.15) is 0 Å². The van der Waals surface area contributed by atoms with Crippen molar-refractivity contribution in [2.45, 2.75) is 26.3 Å². The number of carbonyl (C=O) groups is 1. The molecular weight excluding hydrogens is 266 g/mol. The molecule has 0 aliphatic rings. The monoisotopic (exact) mass is 278 g/mol. The average Bonchev–Trinajstić information content (AvgIpc) is 2.31. The van der Waals surface area contributed by atoms with Crippen molar-refractivity contribution in [1.82, 2.24) is 4.98 Å². The van der Waals surface area contributed by atoms with Crippen LogP contribution in [0.15, 0.2) is 6.07 Å². The molecule has 0 unspecified atom stereocenters. The molecule has 1 heterocycles. The lowest BCUT2D eigenvalue weighted by Gasteiger charge is -2.10. The quantitative estimate of drug-likeness (QED) is 0.839. The van der Waals surface area contributed by atoms with Gasteiger partial charge in [0, 0.05) is 6.54 Å². The van der Waals surface area contributed by atoms with E-state index in [4.69, 9.17) is 22.1 Å². The van der Waals surface area contributed by atoms with Crippen molar-refractivity contribution in [3.05, 3.63) is 28.0 Å². The lowest BCUT2D eigenvalue weighted by atomic mass is 10.1. The van der Waals surface area contributed by atoms with E-state index in [-0.39, 0.29) is 30.3 Å². The Hall–Kier alpha value is -1.27. The summed E-state index contributed by atoms with van der Waals surface area (Å²) in [6.07, 6.45) is -3.00. The minimum Gasteiger partial charge on any atom is -0.466 e. The van der Waals surface area contributed by atoms with Crippen LogP contribution in [0.4, 0.5) is 8.78 Å². The SMILES string of the molecule is CCOC(=O)Cc1cc(CN)c(Cl)c(C(F)F)n1. The van der Waals surface area contributed by atoms with Gasteiger partial charge in [-0.25, -0.2) is 13.8 Å². The second-order valence-corrected chi connectivity index (χ2v) is 3.84. The lowest BCUT2D eigenvalue weighted by Crippen LogP contribution is -2.12. The maximum Gasteiger partial charge on any atom is 0.311 e. The Morgan fingerprint density at radius 2 is 2.28 bits per heavy atom. The van der Waals surface area contributed by atoms with E-state index in [0.717, 1.165) is 0 Å². The Labute approximate surface area is 108 Å². The van der Waals surface area contributed by atoms with Crippen LogP contribution in [0.5, 0.6) is 0 Å². The maximum absolute atomic E-state index is 12.7. The highest BCUT2D eigenvalue weighted by atomic mass is 35.5. The summed E-state index contributed by atoms with van der Waals surface area (Å²) in [4.78, 5) is 14.9. The van der Waals surface area contributed by atoms with Crippen molar-refractivity contribution in [1.29, 1.82) is 0 Å². The molecule has 0 amide bonds. The van der Waals surface area contributed by atoms with Crippen LogP contribution in [-0.2, 0) is 22.5 Å². The third-order valence-corrected chi connectivity index (χ3v) is 2.61. The fraction of sp³-hybridized carbons (Fsp3) is 0.455.